The number of allylic oxidation sites excluding steroid dienone is 2. The second-order valence-corrected chi connectivity index (χ2v) is 8.17. The predicted octanol–water partition coefficient (Wildman–Crippen LogP) is 0.996. The Bertz CT molecular complexity index is 929. The Kier molecular flexibility index (Phi) is 6.09. The molecule has 30 heavy (non-hydrogen) atoms. The number of fused-ring (bicyclic) bond motifs is 1. The first-order valence-electron chi connectivity index (χ1n) is 10.2. The standard InChI is InChI=1S/C19H26ClN9O/c1-2-29-9-10-7-11(8-12(20)15(10)28-29)23-18-16(17(22)30)26-27-19(25-18)24-14-6-4-3-5-13(14)21/h7-8,13-15,28H,2-6,9,21H2,1H3,(H2,22,30)(H,24,25,27)/t13-,14+,15?/m0/s1. The summed E-state index contributed by atoms with van der Waals surface area (Å²) in [7, 11) is 0. The minimum absolute atomic E-state index is 0.0195. The topological polar surface area (TPSA) is 147 Å². The molecular weight excluding hydrogens is 406 g/mol. The lowest BCUT2D eigenvalue weighted by Crippen LogP contribution is -2.43. The molecule has 0 spiro atoms. The van der Waals surface area contributed by atoms with Crippen LogP contribution in [0.15, 0.2) is 27.7 Å². The summed E-state index contributed by atoms with van der Waals surface area (Å²) < 4.78 is 0. The van der Waals surface area contributed by atoms with Crippen molar-refractivity contribution in [2.45, 2.75) is 50.7 Å². The van der Waals surface area contributed by atoms with Gasteiger partial charge in [-0.05, 0) is 30.6 Å². The van der Waals surface area contributed by atoms with E-state index in [1.807, 2.05) is 6.08 Å². The molecule has 11 heteroatoms. The number of amides is 1. The first kappa shape index (κ1) is 20.9. The number of hydrogen-bond donors (Lipinski definition) is 4. The number of anilines is 1. The SMILES string of the molecule is CCN1CC2=CC(=Nc3nc(N[C@@H]4CCCC[C@@H]4N)nnc3C(N)=O)C=C(Cl)C2N1. The zero-order valence-electron chi connectivity index (χ0n) is 16.8. The van der Waals surface area contributed by atoms with Crippen LogP contribution in [0.3, 0.4) is 0 Å². The number of aromatic nitrogens is 3. The molecule has 1 saturated heterocycles. The zero-order chi connectivity index (χ0) is 21.3. The molecule has 2 aliphatic carbocycles. The third-order valence-electron chi connectivity index (χ3n) is 5.60. The number of nitrogens with two attached hydrogens (primary N) is 2. The number of hydrazine groups is 1. The number of hydrogen-bond acceptors (Lipinski definition) is 9. The average Bonchev–Trinajstić information content (AvgIpc) is 3.14. The van der Waals surface area contributed by atoms with Gasteiger partial charge in [0, 0.05) is 30.2 Å². The first-order chi connectivity index (χ1) is 14.4. The number of carbonyl (C=O) groups excluding carboxylic acids is 1. The van der Waals surface area contributed by atoms with Crippen molar-refractivity contribution in [3.8, 4) is 0 Å². The highest BCUT2D eigenvalue weighted by Gasteiger charge is 2.31. The summed E-state index contributed by atoms with van der Waals surface area (Å²) in [4.78, 5) is 20.8. The summed E-state index contributed by atoms with van der Waals surface area (Å²) in [5.74, 6) is -0.363. The fourth-order valence-electron chi connectivity index (χ4n) is 3.96. The molecule has 10 nitrogen and oxygen atoms in total. The van der Waals surface area contributed by atoms with Crippen molar-refractivity contribution in [3.63, 3.8) is 0 Å². The monoisotopic (exact) mass is 431 g/mol. The van der Waals surface area contributed by atoms with Crippen molar-refractivity contribution in [2.75, 3.05) is 18.4 Å². The van der Waals surface area contributed by atoms with Crippen LogP contribution in [0.1, 0.15) is 43.1 Å². The van der Waals surface area contributed by atoms with Crippen LogP contribution < -0.4 is 22.2 Å². The van der Waals surface area contributed by atoms with Gasteiger partial charge in [0.15, 0.2) is 11.5 Å². The van der Waals surface area contributed by atoms with E-state index in [-0.39, 0.29) is 35.6 Å². The Labute approximate surface area is 179 Å². The zero-order valence-corrected chi connectivity index (χ0v) is 17.6. The number of rotatable bonds is 5. The molecule has 6 N–H and O–H groups in total. The van der Waals surface area contributed by atoms with Gasteiger partial charge < -0.3 is 16.8 Å². The molecule has 0 bridgehead atoms. The van der Waals surface area contributed by atoms with Crippen LogP contribution in [0.25, 0.3) is 0 Å². The van der Waals surface area contributed by atoms with Crippen LogP contribution in [-0.4, -0.2) is 63.0 Å². The van der Waals surface area contributed by atoms with Gasteiger partial charge in [-0.2, -0.15) is 4.98 Å². The Morgan fingerprint density at radius 3 is 2.90 bits per heavy atom. The van der Waals surface area contributed by atoms with Crippen molar-refractivity contribution in [2.24, 2.45) is 16.5 Å². The summed E-state index contributed by atoms with van der Waals surface area (Å²) in [6, 6.07) is 0.0257. The molecular formula is C19H26ClN9O. The Morgan fingerprint density at radius 1 is 1.37 bits per heavy atom. The van der Waals surface area contributed by atoms with Gasteiger partial charge in [0.1, 0.15) is 0 Å². The average molecular weight is 432 g/mol. The van der Waals surface area contributed by atoms with Crippen molar-refractivity contribution in [1.82, 2.24) is 25.6 Å². The maximum absolute atomic E-state index is 11.8. The fraction of sp³-hybridized carbons (Fsp3) is 0.526. The van der Waals surface area contributed by atoms with Gasteiger partial charge in [-0.3, -0.25) is 4.79 Å². The fourth-order valence-corrected chi connectivity index (χ4v) is 4.26. The van der Waals surface area contributed by atoms with E-state index in [0.29, 0.717) is 10.7 Å². The molecule has 1 unspecified atom stereocenters. The lowest BCUT2D eigenvalue weighted by molar-refractivity contribution is 0.0995. The van der Waals surface area contributed by atoms with Crippen molar-refractivity contribution >= 4 is 35.0 Å². The number of nitrogens with zero attached hydrogens (tertiary/aromatic N) is 5. The number of carbonyl (C=O) groups is 1. The van der Waals surface area contributed by atoms with Gasteiger partial charge in [0.2, 0.25) is 5.95 Å². The molecule has 1 amide bonds. The van der Waals surface area contributed by atoms with E-state index >= 15 is 0 Å². The van der Waals surface area contributed by atoms with Crippen LogP contribution in [0, 0.1) is 0 Å². The van der Waals surface area contributed by atoms with E-state index in [1.54, 1.807) is 6.08 Å². The maximum Gasteiger partial charge on any atom is 0.273 e. The van der Waals surface area contributed by atoms with E-state index in [4.69, 9.17) is 23.1 Å². The number of primary amides is 1. The van der Waals surface area contributed by atoms with Gasteiger partial charge in [0.25, 0.3) is 5.91 Å². The van der Waals surface area contributed by atoms with Crippen LogP contribution >= 0.6 is 11.6 Å². The molecule has 0 radical (unpaired) electrons. The molecule has 160 valence electrons. The number of nitrogens with one attached hydrogen (secondary N) is 2. The smallest absolute Gasteiger partial charge is 0.273 e. The normalized spacial score (nSPS) is 28.1. The van der Waals surface area contributed by atoms with E-state index < -0.39 is 5.91 Å². The minimum Gasteiger partial charge on any atom is -0.364 e. The van der Waals surface area contributed by atoms with Crippen LogP contribution in [0.2, 0.25) is 0 Å². The Morgan fingerprint density at radius 2 is 2.17 bits per heavy atom. The van der Waals surface area contributed by atoms with Crippen LogP contribution in [0.4, 0.5) is 11.8 Å². The molecule has 1 aromatic heterocycles. The molecule has 2 fully saturated rings. The van der Waals surface area contributed by atoms with Gasteiger partial charge in [-0.1, -0.05) is 31.4 Å². The highest BCUT2D eigenvalue weighted by molar-refractivity contribution is 6.33. The van der Waals surface area contributed by atoms with Crippen LogP contribution in [0.5, 0.6) is 0 Å². The Balaban J connectivity index is 1.64. The Hall–Kier alpha value is -2.40. The quantitative estimate of drug-likeness (QED) is 0.539. The minimum atomic E-state index is -0.744. The van der Waals surface area contributed by atoms with Gasteiger partial charge in [-0.15, -0.1) is 10.2 Å². The second kappa shape index (κ2) is 8.76. The van der Waals surface area contributed by atoms with Gasteiger partial charge >= 0.3 is 0 Å². The van der Waals surface area contributed by atoms with Crippen molar-refractivity contribution in [3.05, 3.63) is 28.5 Å². The molecule has 1 saturated carbocycles. The first-order valence-corrected chi connectivity index (χ1v) is 10.6. The summed E-state index contributed by atoms with van der Waals surface area (Å²) in [5, 5.41) is 13.9. The molecule has 3 atom stereocenters. The molecule has 2 heterocycles. The molecule has 1 aromatic rings. The highest BCUT2D eigenvalue weighted by atomic mass is 35.5. The number of likely N-dealkylation sites (N-methyl/N-ethyl adjacent to an activating group) is 1. The molecule has 3 aliphatic rings. The van der Waals surface area contributed by atoms with Crippen molar-refractivity contribution in [1.29, 1.82) is 0 Å². The van der Waals surface area contributed by atoms with Gasteiger partial charge in [0.05, 0.1) is 11.8 Å². The van der Waals surface area contributed by atoms with E-state index in [9.17, 15) is 4.79 Å². The number of aliphatic imine (C=N–C) groups is 1. The lowest BCUT2D eigenvalue weighted by Gasteiger charge is -2.29. The molecule has 4 rings (SSSR count). The lowest BCUT2D eigenvalue weighted by atomic mass is 9.91. The summed E-state index contributed by atoms with van der Waals surface area (Å²) >= 11 is 6.46. The number of halogens is 1. The summed E-state index contributed by atoms with van der Waals surface area (Å²) in [5.41, 5.74) is 16.6. The highest BCUT2D eigenvalue weighted by Crippen LogP contribution is 2.28. The van der Waals surface area contributed by atoms with E-state index in [2.05, 4.69) is 42.8 Å². The third-order valence-corrected chi connectivity index (χ3v) is 5.93. The largest absolute Gasteiger partial charge is 0.364 e. The third kappa shape index (κ3) is 4.36. The summed E-state index contributed by atoms with van der Waals surface area (Å²) in [6.07, 6.45) is 7.77. The maximum atomic E-state index is 11.8. The van der Waals surface area contributed by atoms with E-state index in [1.165, 1.54) is 0 Å². The second-order valence-electron chi connectivity index (χ2n) is 7.73. The van der Waals surface area contributed by atoms with Gasteiger partial charge in [-0.25, -0.2) is 15.4 Å². The molecule has 1 aliphatic heterocycles. The van der Waals surface area contributed by atoms with Crippen LogP contribution in [-0.2, 0) is 0 Å². The summed E-state index contributed by atoms with van der Waals surface area (Å²) in [6.45, 7) is 3.65. The van der Waals surface area contributed by atoms with E-state index in [0.717, 1.165) is 44.3 Å². The van der Waals surface area contributed by atoms with Crippen molar-refractivity contribution < 1.29 is 4.79 Å². The molecule has 0 aromatic carbocycles. The predicted molar refractivity (Wildman–Crippen MR) is 115 cm³/mol.